The van der Waals surface area contributed by atoms with Crippen molar-refractivity contribution in [1.82, 2.24) is 5.32 Å². The highest BCUT2D eigenvalue weighted by Crippen LogP contribution is 2.39. The van der Waals surface area contributed by atoms with Crippen LogP contribution in [0.1, 0.15) is 50.2 Å². The first-order chi connectivity index (χ1) is 8.26. The van der Waals surface area contributed by atoms with Crippen LogP contribution in [-0.2, 0) is 6.42 Å². The molecule has 3 unspecified atom stereocenters. The fraction of sp³-hybridized carbons (Fsp3) is 0.625. The summed E-state index contributed by atoms with van der Waals surface area (Å²) in [5, 5.41) is 3.52. The fourth-order valence-electron chi connectivity index (χ4n) is 3.17. The lowest BCUT2D eigenvalue weighted by atomic mass is 9.73. The summed E-state index contributed by atoms with van der Waals surface area (Å²) in [6, 6.07) is 9.59. The molecule has 1 aromatic rings. The van der Waals surface area contributed by atoms with Crippen molar-refractivity contribution in [3.63, 3.8) is 0 Å². The number of fused-ring (bicyclic) bond motifs is 1. The molecular formula is C16H25N. The summed E-state index contributed by atoms with van der Waals surface area (Å²) >= 11 is 0. The smallest absolute Gasteiger partial charge is 0.00956 e. The van der Waals surface area contributed by atoms with Gasteiger partial charge >= 0.3 is 0 Å². The Morgan fingerprint density at radius 2 is 2.12 bits per heavy atom. The van der Waals surface area contributed by atoms with Crippen LogP contribution in [0, 0.1) is 5.92 Å². The molecule has 0 fully saturated rings. The van der Waals surface area contributed by atoms with Gasteiger partial charge in [-0.3, -0.25) is 0 Å². The Hall–Kier alpha value is -0.820. The normalized spacial score (nSPS) is 21.5. The van der Waals surface area contributed by atoms with E-state index in [0.29, 0.717) is 6.04 Å². The van der Waals surface area contributed by atoms with Crippen LogP contribution in [0.15, 0.2) is 24.3 Å². The third-order valence-electron chi connectivity index (χ3n) is 4.30. The SMILES string of the molecule is CCCC(C)C(CC1Cc2ccccc21)NC. The maximum absolute atomic E-state index is 3.52. The lowest BCUT2D eigenvalue weighted by Crippen LogP contribution is -2.35. The van der Waals surface area contributed by atoms with Crippen molar-refractivity contribution in [3.05, 3.63) is 35.4 Å². The third kappa shape index (κ3) is 2.71. The minimum atomic E-state index is 0.674. The van der Waals surface area contributed by atoms with Gasteiger partial charge in [-0.2, -0.15) is 0 Å². The first-order valence-corrected chi connectivity index (χ1v) is 7.01. The van der Waals surface area contributed by atoms with E-state index in [1.165, 1.54) is 25.7 Å². The van der Waals surface area contributed by atoms with Crippen molar-refractivity contribution < 1.29 is 0 Å². The average molecular weight is 231 g/mol. The monoisotopic (exact) mass is 231 g/mol. The molecule has 0 bridgehead atoms. The van der Waals surface area contributed by atoms with Crippen molar-refractivity contribution in [3.8, 4) is 0 Å². The predicted octanol–water partition coefficient (Wildman–Crippen LogP) is 3.74. The van der Waals surface area contributed by atoms with E-state index in [2.05, 4.69) is 50.5 Å². The standard InChI is InChI=1S/C16H25N/c1-4-7-12(2)16(17-3)11-14-10-13-8-5-6-9-15(13)14/h5-6,8-9,12,14,16-17H,4,7,10-11H2,1-3H3. The summed E-state index contributed by atoms with van der Waals surface area (Å²) in [4.78, 5) is 0. The zero-order valence-corrected chi connectivity index (χ0v) is 11.4. The topological polar surface area (TPSA) is 12.0 Å². The summed E-state index contributed by atoms with van der Waals surface area (Å²) < 4.78 is 0. The Labute approximate surface area is 106 Å². The van der Waals surface area contributed by atoms with Crippen LogP contribution in [-0.4, -0.2) is 13.1 Å². The molecule has 94 valence electrons. The number of benzene rings is 1. The van der Waals surface area contributed by atoms with Crippen LogP contribution in [0.2, 0.25) is 0 Å². The molecule has 0 spiro atoms. The molecule has 2 rings (SSSR count). The molecule has 1 aromatic carbocycles. The van der Waals surface area contributed by atoms with E-state index in [4.69, 9.17) is 0 Å². The van der Waals surface area contributed by atoms with E-state index < -0.39 is 0 Å². The Kier molecular flexibility index (Phi) is 4.22. The van der Waals surface area contributed by atoms with Gasteiger partial charge in [0.15, 0.2) is 0 Å². The number of hydrogen-bond donors (Lipinski definition) is 1. The molecule has 0 saturated carbocycles. The quantitative estimate of drug-likeness (QED) is 0.786. The predicted molar refractivity (Wildman–Crippen MR) is 74.4 cm³/mol. The number of rotatable bonds is 6. The van der Waals surface area contributed by atoms with Crippen molar-refractivity contribution in [1.29, 1.82) is 0 Å². The van der Waals surface area contributed by atoms with Crippen LogP contribution in [0.3, 0.4) is 0 Å². The fourth-order valence-corrected chi connectivity index (χ4v) is 3.17. The van der Waals surface area contributed by atoms with Crippen molar-refractivity contribution in [2.75, 3.05) is 7.05 Å². The second-order valence-electron chi connectivity index (χ2n) is 5.50. The molecule has 1 nitrogen and oxygen atoms in total. The van der Waals surface area contributed by atoms with Gasteiger partial charge in [-0.15, -0.1) is 0 Å². The van der Waals surface area contributed by atoms with E-state index in [1.807, 2.05) is 0 Å². The Balaban J connectivity index is 1.93. The van der Waals surface area contributed by atoms with E-state index in [1.54, 1.807) is 11.1 Å². The zero-order valence-electron chi connectivity index (χ0n) is 11.4. The van der Waals surface area contributed by atoms with E-state index in [-0.39, 0.29) is 0 Å². The molecule has 1 N–H and O–H groups in total. The van der Waals surface area contributed by atoms with Crippen LogP contribution in [0.25, 0.3) is 0 Å². The van der Waals surface area contributed by atoms with Gasteiger partial charge in [0.05, 0.1) is 0 Å². The summed E-state index contributed by atoms with van der Waals surface area (Å²) in [6.45, 7) is 4.66. The van der Waals surface area contributed by atoms with Crippen molar-refractivity contribution >= 4 is 0 Å². The molecule has 3 atom stereocenters. The molecule has 1 heteroatoms. The summed E-state index contributed by atoms with van der Waals surface area (Å²) in [5.41, 5.74) is 3.16. The molecule has 0 amide bonds. The summed E-state index contributed by atoms with van der Waals surface area (Å²) in [6.07, 6.45) is 5.21. The van der Waals surface area contributed by atoms with E-state index in [9.17, 15) is 0 Å². The Morgan fingerprint density at radius 3 is 2.76 bits per heavy atom. The molecule has 0 heterocycles. The first-order valence-electron chi connectivity index (χ1n) is 7.01. The van der Waals surface area contributed by atoms with E-state index >= 15 is 0 Å². The van der Waals surface area contributed by atoms with Gasteiger partial charge in [-0.25, -0.2) is 0 Å². The Bertz CT molecular complexity index is 358. The van der Waals surface area contributed by atoms with Gasteiger partial charge in [-0.05, 0) is 49.3 Å². The van der Waals surface area contributed by atoms with E-state index in [0.717, 1.165) is 11.8 Å². The molecule has 1 aliphatic carbocycles. The molecule has 1 aliphatic rings. The van der Waals surface area contributed by atoms with Crippen molar-refractivity contribution in [2.45, 2.75) is 51.5 Å². The second-order valence-corrected chi connectivity index (χ2v) is 5.50. The molecular weight excluding hydrogens is 206 g/mol. The minimum absolute atomic E-state index is 0.674. The van der Waals surface area contributed by atoms with Gasteiger partial charge in [0, 0.05) is 6.04 Å². The highest BCUT2D eigenvalue weighted by molar-refractivity contribution is 5.39. The average Bonchev–Trinajstić information content (AvgIpc) is 2.31. The maximum Gasteiger partial charge on any atom is 0.00956 e. The minimum Gasteiger partial charge on any atom is -0.317 e. The van der Waals surface area contributed by atoms with Crippen LogP contribution < -0.4 is 5.32 Å². The molecule has 0 saturated heterocycles. The van der Waals surface area contributed by atoms with Gasteiger partial charge in [0.2, 0.25) is 0 Å². The summed E-state index contributed by atoms with van der Waals surface area (Å²) in [7, 11) is 2.11. The second kappa shape index (κ2) is 5.68. The maximum atomic E-state index is 3.52. The highest BCUT2D eigenvalue weighted by Gasteiger charge is 2.29. The molecule has 0 aromatic heterocycles. The molecule has 17 heavy (non-hydrogen) atoms. The van der Waals surface area contributed by atoms with Gasteiger partial charge in [0.1, 0.15) is 0 Å². The Morgan fingerprint density at radius 1 is 1.35 bits per heavy atom. The van der Waals surface area contributed by atoms with Crippen LogP contribution >= 0.6 is 0 Å². The molecule has 0 radical (unpaired) electrons. The van der Waals surface area contributed by atoms with Crippen LogP contribution in [0.4, 0.5) is 0 Å². The summed E-state index contributed by atoms with van der Waals surface area (Å²) in [5.74, 6) is 1.58. The third-order valence-corrected chi connectivity index (χ3v) is 4.30. The number of hydrogen-bond acceptors (Lipinski definition) is 1. The largest absolute Gasteiger partial charge is 0.317 e. The zero-order chi connectivity index (χ0) is 12.3. The lowest BCUT2D eigenvalue weighted by molar-refractivity contribution is 0.324. The first kappa shape index (κ1) is 12.6. The number of nitrogens with one attached hydrogen (secondary N) is 1. The van der Waals surface area contributed by atoms with Crippen LogP contribution in [0.5, 0.6) is 0 Å². The van der Waals surface area contributed by atoms with Gasteiger partial charge in [0.25, 0.3) is 0 Å². The lowest BCUT2D eigenvalue weighted by Gasteiger charge is -2.35. The highest BCUT2D eigenvalue weighted by atomic mass is 14.9. The molecule has 0 aliphatic heterocycles. The van der Waals surface area contributed by atoms with Gasteiger partial charge in [-0.1, -0.05) is 44.5 Å². The van der Waals surface area contributed by atoms with Gasteiger partial charge < -0.3 is 5.32 Å². The van der Waals surface area contributed by atoms with Crippen molar-refractivity contribution in [2.24, 2.45) is 5.92 Å².